The molecule has 0 atom stereocenters. The molecule has 2 aliphatic rings. The van der Waals surface area contributed by atoms with E-state index >= 15 is 9.13 Å². The van der Waals surface area contributed by atoms with Crippen molar-refractivity contribution in [3.8, 4) is 45.5 Å². The lowest BCUT2D eigenvalue weighted by molar-refractivity contribution is 0.592. The minimum atomic E-state index is -3.20. The Hall–Kier alpha value is -5.24. The first-order valence-electron chi connectivity index (χ1n) is 14.2. The van der Waals surface area contributed by atoms with Crippen molar-refractivity contribution in [2.24, 2.45) is 0 Å². The molecule has 8 rings (SSSR count). The van der Waals surface area contributed by atoms with Gasteiger partial charge in [-0.1, -0.05) is 109 Å². The van der Waals surface area contributed by atoms with E-state index in [1.165, 1.54) is 0 Å². The number of nitriles is 2. The first-order chi connectivity index (χ1) is 21.5. The van der Waals surface area contributed by atoms with Crippen LogP contribution in [0.4, 0.5) is 0 Å². The maximum absolute atomic E-state index is 15.2. The molecular formula is C38H22N2O2P2. The van der Waals surface area contributed by atoms with Crippen LogP contribution in [0.25, 0.3) is 33.4 Å². The Kier molecular flexibility index (Phi) is 5.78. The molecule has 0 fully saturated rings. The molecule has 0 bridgehead atoms. The summed E-state index contributed by atoms with van der Waals surface area (Å²) in [7, 11) is -6.40. The smallest absolute Gasteiger partial charge is 0.172 e. The van der Waals surface area contributed by atoms with Gasteiger partial charge in [-0.15, -0.1) is 0 Å². The Labute approximate surface area is 255 Å². The highest BCUT2D eigenvalue weighted by atomic mass is 31.2. The summed E-state index contributed by atoms with van der Waals surface area (Å²) in [5, 5.41) is 22.7. The summed E-state index contributed by atoms with van der Waals surface area (Å²) >= 11 is 0. The van der Waals surface area contributed by atoms with Crippen LogP contribution in [0.5, 0.6) is 0 Å². The van der Waals surface area contributed by atoms with E-state index in [0.29, 0.717) is 11.1 Å². The third-order valence-corrected chi connectivity index (χ3v) is 15.1. The summed E-state index contributed by atoms with van der Waals surface area (Å²) in [4.78, 5) is 0. The van der Waals surface area contributed by atoms with Crippen molar-refractivity contribution in [1.29, 1.82) is 10.5 Å². The predicted octanol–water partition coefficient (Wildman–Crippen LogP) is 6.34. The van der Waals surface area contributed by atoms with E-state index in [2.05, 4.69) is 12.1 Å². The Morgan fingerprint density at radius 3 is 0.932 bits per heavy atom. The zero-order valence-corrected chi connectivity index (χ0v) is 25.1. The number of nitrogens with zero attached hydrogens (tertiary/aromatic N) is 2. The molecule has 0 aliphatic carbocycles. The van der Waals surface area contributed by atoms with Gasteiger partial charge in [-0.25, -0.2) is 0 Å². The van der Waals surface area contributed by atoms with E-state index < -0.39 is 14.3 Å². The molecule has 0 unspecified atom stereocenters. The van der Waals surface area contributed by atoms with E-state index in [9.17, 15) is 0 Å². The Bertz CT molecular complexity index is 2110. The van der Waals surface area contributed by atoms with Crippen LogP contribution >= 0.6 is 14.3 Å². The van der Waals surface area contributed by atoms with E-state index in [0.717, 1.165) is 65.2 Å². The Morgan fingerprint density at radius 1 is 0.386 bits per heavy atom. The highest BCUT2D eigenvalue weighted by molar-refractivity contribution is 7.89. The molecule has 4 nitrogen and oxygen atoms in total. The average Bonchev–Trinajstić information content (AvgIpc) is 3.53. The maximum Gasteiger partial charge on any atom is 0.172 e. The van der Waals surface area contributed by atoms with Crippen LogP contribution in [-0.4, -0.2) is 0 Å². The SMILES string of the molecule is N#Cc1ccc(-c2ccc(P3(=O)c4cccc5c4-c4c3cccc4P5(=O)c3ccc(-c4ccc(C#N)cc4)cc3)cc2)cc1. The fourth-order valence-electron chi connectivity index (χ4n) is 6.64. The van der Waals surface area contributed by atoms with Gasteiger partial charge in [-0.05, 0) is 46.5 Å². The molecule has 6 aromatic rings. The minimum Gasteiger partial charge on any atom is -0.309 e. The standard InChI is InChI=1S/C38H22N2O2P2/c39-23-25-7-11-27(12-8-25)29-15-19-31(20-16-29)43(41)33-3-1-4-34-37(33)38-35(43)5-2-6-36(38)44(34,42)32-21-17-30(18-22-32)28-13-9-26(24-40)10-14-28/h1-22H. The zero-order chi connectivity index (χ0) is 30.1. The fourth-order valence-corrected chi connectivity index (χ4v) is 13.0. The van der Waals surface area contributed by atoms with Gasteiger partial charge >= 0.3 is 0 Å². The lowest BCUT2D eigenvalue weighted by atomic mass is 10.0. The van der Waals surface area contributed by atoms with Gasteiger partial charge in [0.05, 0.1) is 23.3 Å². The van der Waals surface area contributed by atoms with Crippen molar-refractivity contribution in [2.75, 3.05) is 0 Å². The van der Waals surface area contributed by atoms with E-state index in [1.54, 1.807) is 24.3 Å². The van der Waals surface area contributed by atoms with Crippen LogP contribution in [-0.2, 0) is 9.13 Å². The molecule has 2 aliphatic heterocycles. The molecule has 206 valence electrons. The summed E-state index contributed by atoms with van der Waals surface area (Å²) in [6.45, 7) is 0. The molecule has 2 heterocycles. The van der Waals surface area contributed by atoms with Gasteiger partial charge in [0.2, 0.25) is 0 Å². The monoisotopic (exact) mass is 600 g/mol. The lowest BCUT2D eigenvalue weighted by Gasteiger charge is -2.22. The molecule has 0 radical (unpaired) electrons. The van der Waals surface area contributed by atoms with Gasteiger partial charge in [0, 0.05) is 43.0 Å². The molecule has 0 saturated carbocycles. The zero-order valence-electron chi connectivity index (χ0n) is 23.3. The molecule has 6 aromatic carbocycles. The van der Waals surface area contributed by atoms with Crippen molar-refractivity contribution < 1.29 is 9.13 Å². The van der Waals surface area contributed by atoms with Gasteiger partial charge < -0.3 is 9.13 Å². The van der Waals surface area contributed by atoms with E-state index in [-0.39, 0.29) is 0 Å². The van der Waals surface area contributed by atoms with Gasteiger partial charge in [0.25, 0.3) is 0 Å². The number of benzene rings is 6. The van der Waals surface area contributed by atoms with Gasteiger partial charge in [-0.3, -0.25) is 0 Å². The number of rotatable bonds is 4. The van der Waals surface area contributed by atoms with Crippen molar-refractivity contribution >= 4 is 46.1 Å². The van der Waals surface area contributed by atoms with Crippen LogP contribution in [0.2, 0.25) is 0 Å². The second-order valence-corrected chi connectivity index (χ2v) is 16.4. The van der Waals surface area contributed by atoms with Crippen LogP contribution in [0.15, 0.2) is 133 Å². The highest BCUT2D eigenvalue weighted by Gasteiger charge is 2.51. The van der Waals surface area contributed by atoms with Crippen LogP contribution in [0, 0.1) is 22.7 Å². The van der Waals surface area contributed by atoms with Crippen molar-refractivity contribution in [2.45, 2.75) is 0 Å². The molecule has 6 heteroatoms. The third-order valence-electron chi connectivity index (χ3n) is 8.80. The van der Waals surface area contributed by atoms with Gasteiger partial charge in [0.1, 0.15) is 0 Å². The molecular weight excluding hydrogens is 578 g/mol. The maximum atomic E-state index is 15.2. The first-order valence-corrected chi connectivity index (χ1v) is 17.6. The van der Waals surface area contributed by atoms with Gasteiger partial charge in [0.15, 0.2) is 14.3 Å². The first kappa shape index (κ1) is 26.4. The summed E-state index contributed by atoms with van der Waals surface area (Å²) in [6.07, 6.45) is 0. The average molecular weight is 601 g/mol. The molecule has 0 amide bonds. The summed E-state index contributed by atoms with van der Waals surface area (Å²) in [6, 6.07) is 46.3. The number of hydrogen-bond donors (Lipinski definition) is 0. The van der Waals surface area contributed by atoms with E-state index in [1.807, 2.05) is 109 Å². The van der Waals surface area contributed by atoms with Crippen LogP contribution in [0.1, 0.15) is 11.1 Å². The van der Waals surface area contributed by atoms with E-state index in [4.69, 9.17) is 10.5 Å². The molecule has 0 aromatic heterocycles. The molecule has 0 saturated heterocycles. The van der Waals surface area contributed by atoms with Gasteiger partial charge in [-0.2, -0.15) is 10.5 Å². The quantitative estimate of drug-likeness (QED) is 0.221. The Balaban J connectivity index is 1.22. The Morgan fingerprint density at radius 2 is 0.659 bits per heavy atom. The van der Waals surface area contributed by atoms with Crippen molar-refractivity contribution in [3.63, 3.8) is 0 Å². The third kappa shape index (κ3) is 3.57. The summed E-state index contributed by atoms with van der Waals surface area (Å²) in [5.74, 6) is 0. The second kappa shape index (κ2) is 9.64. The highest BCUT2D eigenvalue weighted by Crippen LogP contribution is 2.60. The lowest BCUT2D eigenvalue weighted by Crippen LogP contribution is -2.28. The number of hydrogen-bond acceptors (Lipinski definition) is 4. The summed E-state index contributed by atoms with van der Waals surface area (Å²) in [5.41, 5.74) is 6.86. The summed E-state index contributed by atoms with van der Waals surface area (Å²) < 4.78 is 30.4. The fraction of sp³-hybridized carbons (Fsp3) is 0. The van der Waals surface area contributed by atoms with Crippen LogP contribution < -0.4 is 31.8 Å². The second-order valence-electron chi connectivity index (χ2n) is 11.0. The van der Waals surface area contributed by atoms with Crippen molar-refractivity contribution in [1.82, 2.24) is 0 Å². The normalized spacial score (nSPS) is 14.4. The molecule has 44 heavy (non-hydrogen) atoms. The van der Waals surface area contributed by atoms with Crippen molar-refractivity contribution in [3.05, 3.63) is 145 Å². The molecule has 0 spiro atoms. The largest absolute Gasteiger partial charge is 0.309 e. The minimum absolute atomic E-state index is 0.606. The predicted molar refractivity (Wildman–Crippen MR) is 178 cm³/mol. The molecule has 0 N–H and O–H groups in total. The van der Waals surface area contributed by atoms with Crippen LogP contribution in [0.3, 0.4) is 0 Å². The topological polar surface area (TPSA) is 81.7 Å².